The zero-order valence-corrected chi connectivity index (χ0v) is 5.71. The quantitative estimate of drug-likeness (QED) is 0.575. The first-order chi connectivity index (χ1) is 4.93. The standard InChI is InChI=1S/C6H11N3O/c7-1-2-10-5-6-3-8-9-4-6/h3-4H,1-2,5,7H2,(H,8,9). The monoisotopic (exact) mass is 141 g/mol. The van der Waals surface area contributed by atoms with Crippen molar-refractivity contribution in [1.29, 1.82) is 0 Å². The summed E-state index contributed by atoms with van der Waals surface area (Å²) in [7, 11) is 0. The van der Waals surface area contributed by atoms with E-state index in [-0.39, 0.29) is 0 Å². The van der Waals surface area contributed by atoms with Crippen LogP contribution in [0.1, 0.15) is 5.56 Å². The van der Waals surface area contributed by atoms with Gasteiger partial charge in [0.1, 0.15) is 0 Å². The van der Waals surface area contributed by atoms with Crippen LogP contribution in [0.15, 0.2) is 12.4 Å². The normalized spacial score (nSPS) is 10.1. The van der Waals surface area contributed by atoms with Crippen molar-refractivity contribution in [3.63, 3.8) is 0 Å². The van der Waals surface area contributed by atoms with Gasteiger partial charge < -0.3 is 10.5 Å². The van der Waals surface area contributed by atoms with Gasteiger partial charge in [0.15, 0.2) is 0 Å². The Hall–Kier alpha value is -0.870. The summed E-state index contributed by atoms with van der Waals surface area (Å²) in [5.41, 5.74) is 6.27. The van der Waals surface area contributed by atoms with Crippen molar-refractivity contribution in [3.8, 4) is 0 Å². The molecule has 0 radical (unpaired) electrons. The van der Waals surface area contributed by atoms with Gasteiger partial charge in [-0.05, 0) is 0 Å². The molecule has 10 heavy (non-hydrogen) atoms. The van der Waals surface area contributed by atoms with E-state index in [1.165, 1.54) is 0 Å². The van der Waals surface area contributed by atoms with Crippen LogP contribution < -0.4 is 5.73 Å². The van der Waals surface area contributed by atoms with Crippen molar-refractivity contribution in [2.45, 2.75) is 6.61 Å². The SMILES string of the molecule is NCCOCc1cn[nH]c1. The molecule has 0 atom stereocenters. The van der Waals surface area contributed by atoms with Crippen LogP contribution in [0.25, 0.3) is 0 Å². The van der Waals surface area contributed by atoms with Gasteiger partial charge in [0.05, 0.1) is 19.4 Å². The Labute approximate surface area is 59.4 Å². The second-order valence-electron chi connectivity index (χ2n) is 1.95. The molecule has 1 rings (SSSR count). The van der Waals surface area contributed by atoms with E-state index < -0.39 is 0 Å². The van der Waals surface area contributed by atoms with Gasteiger partial charge in [-0.3, -0.25) is 5.10 Å². The second-order valence-corrected chi connectivity index (χ2v) is 1.95. The fourth-order valence-corrected chi connectivity index (χ4v) is 0.630. The Morgan fingerprint density at radius 3 is 3.20 bits per heavy atom. The fraction of sp³-hybridized carbons (Fsp3) is 0.500. The number of ether oxygens (including phenoxy) is 1. The van der Waals surface area contributed by atoms with Gasteiger partial charge >= 0.3 is 0 Å². The van der Waals surface area contributed by atoms with Gasteiger partial charge in [-0.25, -0.2) is 0 Å². The third kappa shape index (κ3) is 2.16. The van der Waals surface area contributed by atoms with Crippen LogP contribution in [-0.2, 0) is 11.3 Å². The van der Waals surface area contributed by atoms with Crippen LogP contribution in [0.3, 0.4) is 0 Å². The van der Waals surface area contributed by atoms with Gasteiger partial charge in [-0.15, -0.1) is 0 Å². The summed E-state index contributed by atoms with van der Waals surface area (Å²) in [6.07, 6.45) is 3.53. The number of nitrogens with two attached hydrogens (primary N) is 1. The number of aromatic nitrogens is 2. The summed E-state index contributed by atoms with van der Waals surface area (Å²) in [5, 5.41) is 6.46. The van der Waals surface area contributed by atoms with Gasteiger partial charge in [-0.1, -0.05) is 0 Å². The second kappa shape index (κ2) is 4.03. The van der Waals surface area contributed by atoms with Crippen LogP contribution in [0.2, 0.25) is 0 Å². The lowest BCUT2D eigenvalue weighted by Gasteiger charge is -1.97. The number of aromatic amines is 1. The summed E-state index contributed by atoms with van der Waals surface area (Å²) in [5.74, 6) is 0. The van der Waals surface area contributed by atoms with Crippen LogP contribution in [0, 0.1) is 0 Å². The molecule has 0 aliphatic heterocycles. The molecule has 3 N–H and O–H groups in total. The summed E-state index contributed by atoms with van der Waals surface area (Å²) in [6, 6.07) is 0. The molecule has 0 bridgehead atoms. The predicted molar refractivity (Wildman–Crippen MR) is 37.3 cm³/mol. The lowest BCUT2D eigenvalue weighted by Crippen LogP contribution is -2.07. The van der Waals surface area contributed by atoms with Crippen molar-refractivity contribution in [2.24, 2.45) is 5.73 Å². The van der Waals surface area contributed by atoms with E-state index >= 15 is 0 Å². The largest absolute Gasteiger partial charge is 0.375 e. The smallest absolute Gasteiger partial charge is 0.0748 e. The highest BCUT2D eigenvalue weighted by molar-refractivity contribution is 4.99. The molecule has 0 fully saturated rings. The molecule has 1 aromatic heterocycles. The minimum atomic E-state index is 0.567. The molecular weight excluding hydrogens is 130 g/mol. The molecule has 56 valence electrons. The van der Waals surface area contributed by atoms with Crippen LogP contribution in [-0.4, -0.2) is 23.3 Å². The Kier molecular flexibility index (Phi) is 2.92. The number of nitrogens with one attached hydrogen (secondary N) is 1. The molecule has 0 aliphatic carbocycles. The number of nitrogens with zero attached hydrogens (tertiary/aromatic N) is 1. The maximum atomic E-state index is 5.22. The Morgan fingerprint density at radius 2 is 2.60 bits per heavy atom. The molecule has 0 amide bonds. The molecule has 0 saturated heterocycles. The van der Waals surface area contributed by atoms with Crippen molar-refractivity contribution < 1.29 is 4.74 Å². The van der Waals surface area contributed by atoms with Crippen LogP contribution in [0.4, 0.5) is 0 Å². The Balaban J connectivity index is 2.15. The molecule has 1 heterocycles. The highest BCUT2D eigenvalue weighted by atomic mass is 16.5. The molecule has 4 nitrogen and oxygen atoms in total. The van der Waals surface area contributed by atoms with E-state index in [0.717, 1.165) is 5.56 Å². The fourth-order valence-electron chi connectivity index (χ4n) is 0.630. The lowest BCUT2D eigenvalue weighted by atomic mass is 10.4. The minimum absolute atomic E-state index is 0.567. The summed E-state index contributed by atoms with van der Waals surface area (Å²) in [6.45, 7) is 1.76. The highest BCUT2D eigenvalue weighted by Crippen LogP contribution is 1.94. The maximum absolute atomic E-state index is 5.22. The summed E-state index contributed by atoms with van der Waals surface area (Å²) < 4.78 is 5.14. The third-order valence-corrected chi connectivity index (χ3v) is 1.09. The van der Waals surface area contributed by atoms with Gasteiger partial charge in [0, 0.05) is 18.3 Å². The molecular formula is C6H11N3O. The number of rotatable bonds is 4. The van der Waals surface area contributed by atoms with E-state index in [1.54, 1.807) is 12.4 Å². The number of hydrogen-bond acceptors (Lipinski definition) is 3. The molecule has 0 unspecified atom stereocenters. The first-order valence-electron chi connectivity index (χ1n) is 3.19. The van der Waals surface area contributed by atoms with Crippen LogP contribution >= 0.6 is 0 Å². The van der Waals surface area contributed by atoms with Crippen molar-refractivity contribution in [1.82, 2.24) is 10.2 Å². The zero-order chi connectivity index (χ0) is 7.23. The van der Waals surface area contributed by atoms with E-state index in [0.29, 0.717) is 19.8 Å². The maximum Gasteiger partial charge on any atom is 0.0748 e. The van der Waals surface area contributed by atoms with Crippen LogP contribution in [0.5, 0.6) is 0 Å². The summed E-state index contributed by atoms with van der Waals surface area (Å²) in [4.78, 5) is 0. The molecule has 4 heteroatoms. The Bertz CT molecular complexity index is 162. The van der Waals surface area contributed by atoms with E-state index in [9.17, 15) is 0 Å². The molecule has 1 aromatic rings. The topological polar surface area (TPSA) is 63.9 Å². The molecule has 0 spiro atoms. The minimum Gasteiger partial charge on any atom is -0.375 e. The van der Waals surface area contributed by atoms with E-state index in [1.807, 2.05) is 0 Å². The van der Waals surface area contributed by atoms with Crippen molar-refractivity contribution in [2.75, 3.05) is 13.2 Å². The number of H-pyrrole nitrogens is 1. The van der Waals surface area contributed by atoms with Crippen molar-refractivity contribution >= 4 is 0 Å². The van der Waals surface area contributed by atoms with Crippen molar-refractivity contribution in [3.05, 3.63) is 18.0 Å². The lowest BCUT2D eigenvalue weighted by molar-refractivity contribution is 0.128. The molecule has 0 aliphatic rings. The predicted octanol–water partition coefficient (Wildman–Crippen LogP) is -0.115. The molecule has 0 aromatic carbocycles. The van der Waals surface area contributed by atoms with E-state index in [4.69, 9.17) is 10.5 Å². The average molecular weight is 141 g/mol. The van der Waals surface area contributed by atoms with Gasteiger partial charge in [0.25, 0.3) is 0 Å². The Morgan fingerprint density at radius 1 is 1.70 bits per heavy atom. The first kappa shape index (κ1) is 7.24. The summed E-state index contributed by atoms with van der Waals surface area (Å²) >= 11 is 0. The average Bonchev–Trinajstić information content (AvgIpc) is 2.41. The van der Waals surface area contributed by atoms with Gasteiger partial charge in [-0.2, -0.15) is 5.10 Å². The third-order valence-electron chi connectivity index (χ3n) is 1.09. The van der Waals surface area contributed by atoms with Gasteiger partial charge in [0.2, 0.25) is 0 Å². The zero-order valence-electron chi connectivity index (χ0n) is 5.71. The number of hydrogen-bond donors (Lipinski definition) is 2. The molecule has 0 saturated carbocycles. The first-order valence-corrected chi connectivity index (χ1v) is 3.19. The van der Waals surface area contributed by atoms with E-state index in [2.05, 4.69) is 10.2 Å². The highest BCUT2D eigenvalue weighted by Gasteiger charge is 1.91.